The molecule has 1 N–H and O–H groups in total. The lowest BCUT2D eigenvalue weighted by Gasteiger charge is -2.13. The molecule has 2 aromatic carbocycles. The second-order valence-corrected chi connectivity index (χ2v) is 6.74. The Morgan fingerprint density at radius 2 is 1.77 bits per heavy atom. The van der Waals surface area contributed by atoms with Crippen LogP contribution in [0.4, 0.5) is 5.69 Å². The number of aryl methyl sites for hydroxylation is 1. The summed E-state index contributed by atoms with van der Waals surface area (Å²) in [6, 6.07) is 18.2. The molecular weight excluding hydrogens is 380 g/mol. The summed E-state index contributed by atoms with van der Waals surface area (Å²) in [5.41, 5.74) is 2.59. The van der Waals surface area contributed by atoms with E-state index in [-0.39, 0.29) is 12.0 Å². The Hall–Kier alpha value is -3.38. The molecule has 0 saturated carbocycles. The smallest absolute Gasteiger partial charge is 0.257 e. The summed E-state index contributed by atoms with van der Waals surface area (Å²) < 4.78 is 16.6. The van der Waals surface area contributed by atoms with Gasteiger partial charge in [-0.15, -0.1) is 0 Å². The van der Waals surface area contributed by atoms with Crippen LogP contribution in [-0.4, -0.2) is 24.6 Å². The van der Waals surface area contributed by atoms with Gasteiger partial charge in [0.05, 0.1) is 29.7 Å². The summed E-state index contributed by atoms with van der Waals surface area (Å²) in [5, 5.41) is 2.90. The topological polar surface area (TPSA) is 69.7 Å². The number of hydrogen-bond donors (Lipinski definition) is 1. The van der Waals surface area contributed by atoms with E-state index in [1.54, 1.807) is 19.2 Å². The first-order valence-electron chi connectivity index (χ1n) is 9.82. The van der Waals surface area contributed by atoms with E-state index in [1.165, 1.54) is 0 Å². The summed E-state index contributed by atoms with van der Waals surface area (Å²) in [5.74, 6) is 1.87. The molecule has 0 aliphatic rings. The van der Waals surface area contributed by atoms with Crippen LogP contribution in [-0.2, 0) is 4.74 Å². The number of hydrogen-bond acceptors (Lipinski definition) is 5. The molecule has 0 spiro atoms. The zero-order valence-corrected chi connectivity index (χ0v) is 17.6. The highest BCUT2D eigenvalue weighted by Gasteiger charge is 2.14. The Morgan fingerprint density at radius 1 is 1.03 bits per heavy atom. The first-order valence-corrected chi connectivity index (χ1v) is 9.82. The summed E-state index contributed by atoms with van der Waals surface area (Å²) in [7, 11) is 1.63. The number of carbonyl (C=O) groups excluding carboxylic acids is 1. The molecular formula is C24H26N2O4. The van der Waals surface area contributed by atoms with Crippen LogP contribution in [0.5, 0.6) is 17.2 Å². The number of nitrogens with one attached hydrogen (secondary N) is 1. The molecule has 156 valence electrons. The van der Waals surface area contributed by atoms with E-state index in [0.717, 1.165) is 11.4 Å². The molecule has 6 heteroatoms. The Balaban J connectivity index is 1.69. The summed E-state index contributed by atoms with van der Waals surface area (Å²) in [4.78, 5) is 17.2. The number of rotatable bonds is 8. The van der Waals surface area contributed by atoms with Crippen molar-refractivity contribution < 1.29 is 19.0 Å². The molecule has 1 amide bonds. The van der Waals surface area contributed by atoms with Crippen LogP contribution >= 0.6 is 0 Å². The SMILES string of the molecule is CCOc1ccc(Oc2cccc(NC(=O)c3ccc(C(C)OC)nc3C)c2)cc1. The molecule has 0 aliphatic heterocycles. The molecule has 6 nitrogen and oxygen atoms in total. The fourth-order valence-electron chi connectivity index (χ4n) is 2.91. The minimum absolute atomic E-state index is 0.128. The Morgan fingerprint density at radius 3 is 2.43 bits per heavy atom. The van der Waals surface area contributed by atoms with Crippen molar-refractivity contribution in [2.45, 2.75) is 26.9 Å². The van der Waals surface area contributed by atoms with Crippen LogP contribution in [0.2, 0.25) is 0 Å². The quantitative estimate of drug-likeness (QED) is 0.532. The van der Waals surface area contributed by atoms with Crippen molar-refractivity contribution in [2.75, 3.05) is 19.0 Å². The molecule has 0 fully saturated rings. The van der Waals surface area contributed by atoms with Gasteiger partial charge >= 0.3 is 0 Å². The van der Waals surface area contributed by atoms with E-state index in [0.29, 0.717) is 35.1 Å². The monoisotopic (exact) mass is 406 g/mol. The minimum Gasteiger partial charge on any atom is -0.494 e. The molecule has 3 aromatic rings. The van der Waals surface area contributed by atoms with Crippen LogP contribution in [0.3, 0.4) is 0 Å². The number of pyridine rings is 1. The number of aromatic nitrogens is 1. The van der Waals surface area contributed by atoms with Gasteiger partial charge in [0.2, 0.25) is 0 Å². The van der Waals surface area contributed by atoms with Gasteiger partial charge in [0, 0.05) is 18.9 Å². The van der Waals surface area contributed by atoms with Gasteiger partial charge in [0.15, 0.2) is 0 Å². The molecule has 1 heterocycles. The molecule has 3 rings (SSSR count). The maximum Gasteiger partial charge on any atom is 0.257 e. The van der Waals surface area contributed by atoms with Crippen LogP contribution in [0.1, 0.15) is 41.7 Å². The van der Waals surface area contributed by atoms with E-state index in [2.05, 4.69) is 10.3 Å². The van der Waals surface area contributed by atoms with E-state index in [4.69, 9.17) is 14.2 Å². The van der Waals surface area contributed by atoms with Crippen molar-refractivity contribution in [2.24, 2.45) is 0 Å². The van der Waals surface area contributed by atoms with Crippen molar-refractivity contribution in [3.8, 4) is 17.2 Å². The average molecular weight is 406 g/mol. The number of benzene rings is 2. The number of carbonyl (C=O) groups is 1. The predicted octanol–water partition coefficient (Wildman–Crippen LogP) is 5.54. The zero-order chi connectivity index (χ0) is 21.5. The third-order valence-corrected chi connectivity index (χ3v) is 4.58. The first-order chi connectivity index (χ1) is 14.5. The van der Waals surface area contributed by atoms with Gasteiger partial charge < -0.3 is 19.5 Å². The number of methoxy groups -OCH3 is 1. The van der Waals surface area contributed by atoms with Gasteiger partial charge in [0.25, 0.3) is 5.91 Å². The van der Waals surface area contributed by atoms with Crippen molar-refractivity contribution in [1.82, 2.24) is 4.98 Å². The van der Waals surface area contributed by atoms with Crippen LogP contribution in [0.15, 0.2) is 60.7 Å². The Labute approximate surface area is 176 Å². The lowest BCUT2D eigenvalue weighted by molar-refractivity contribution is 0.102. The highest BCUT2D eigenvalue weighted by Crippen LogP contribution is 2.26. The summed E-state index contributed by atoms with van der Waals surface area (Å²) >= 11 is 0. The summed E-state index contributed by atoms with van der Waals surface area (Å²) in [6.07, 6.45) is -0.128. The standard InChI is InChI=1S/C24H26N2O4/c1-5-29-19-9-11-20(12-10-19)30-21-8-6-7-18(15-21)26-24(27)22-13-14-23(17(3)28-4)25-16(22)2/h6-15,17H,5H2,1-4H3,(H,26,27). The molecule has 0 bridgehead atoms. The largest absolute Gasteiger partial charge is 0.494 e. The molecule has 1 aromatic heterocycles. The fourth-order valence-corrected chi connectivity index (χ4v) is 2.91. The van der Waals surface area contributed by atoms with Gasteiger partial charge in [-0.1, -0.05) is 6.07 Å². The third kappa shape index (κ3) is 5.36. The Bertz CT molecular complexity index is 1000. The maximum atomic E-state index is 12.7. The van der Waals surface area contributed by atoms with E-state index < -0.39 is 0 Å². The van der Waals surface area contributed by atoms with Crippen LogP contribution in [0.25, 0.3) is 0 Å². The lowest BCUT2D eigenvalue weighted by atomic mass is 10.1. The van der Waals surface area contributed by atoms with E-state index >= 15 is 0 Å². The molecule has 1 atom stereocenters. The second-order valence-electron chi connectivity index (χ2n) is 6.74. The van der Waals surface area contributed by atoms with Gasteiger partial charge in [-0.05, 0) is 69.3 Å². The van der Waals surface area contributed by atoms with Crippen molar-refractivity contribution >= 4 is 11.6 Å². The normalized spacial score (nSPS) is 11.6. The first kappa shape index (κ1) is 21.3. The van der Waals surface area contributed by atoms with Crippen molar-refractivity contribution in [1.29, 1.82) is 0 Å². The fraction of sp³-hybridized carbons (Fsp3) is 0.250. The second kappa shape index (κ2) is 9.89. The number of nitrogens with zero attached hydrogens (tertiary/aromatic N) is 1. The van der Waals surface area contributed by atoms with Crippen LogP contribution in [0, 0.1) is 6.92 Å². The Kier molecular flexibility index (Phi) is 7.03. The molecule has 0 saturated heterocycles. The summed E-state index contributed by atoms with van der Waals surface area (Å²) in [6.45, 7) is 6.28. The average Bonchev–Trinajstić information content (AvgIpc) is 2.75. The number of ether oxygens (including phenoxy) is 3. The van der Waals surface area contributed by atoms with Crippen LogP contribution < -0.4 is 14.8 Å². The third-order valence-electron chi connectivity index (χ3n) is 4.58. The van der Waals surface area contributed by atoms with Gasteiger partial charge in [-0.3, -0.25) is 9.78 Å². The van der Waals surface area contributed by atoms with Crippen molar-refractivity contribution in [3.63, 3.8) is 0 Å². The van der Waals surface area contributed by atoms with E-state index in [1.807, 2.05) is 69.3 Å². The van der Waals surface area contributed by atoms with Gasteiger partial charge in [-0.2, -0.15) is 0 Å². The van der Waals surface area contributed by atoms with E-state index in [9.17, 15) is 4.79 Å². The molecule has 1 unspecified atom stereocenters. The number of anilines is 1. The van der Waals surface area contributed by atoms with Gasteiger partial charge in [-0.25, -0.2) is 0 Å². The minimum atomic E-state index is -0.227. The maximum absolute atomic E-state index is 12.7. The molecule has 0 aliphatic carbocycles. The van der Waals surface area contributed by atoms with Gasteiger partial charge in [0.1, 0.15) is 17.2 Å². The highest BCUT2D eigenvalue weighted by atomic mass is 16.5. The molecule has 30 heavy (non-hydrogen) atoms. The zero-order valence-electron chi connectivity index (χ0n) is 17.6. The lowest BCUT2D eigenvalue weighted by Crippen LogP contribution is -2.15. The van der Waals surface area contributed by atoms with Crippen molar-refractivity contribution in [3.05, 3.63) is 77.6 Å². The predicted molar refractivity (Wildman–Crippen MR) is 116 cm³/mol. The number of amides is 1. The highest BCUT2D eigenvalue weighted by molar-refractivity contribution is 6.05. The molecule has 0 radical (unpaired) electrons.